The van der Waals surface area contributed by atoms with Crippen molar-refractivity contribution in [3.05, 3.63) is 35.4 Å². The molecule has 1 atom stereocenters. The lowest BCUT2D eigenvalue weighted by atomic mass is 10.1. The van der Waals surface area contributed by atoms with Crippen molar-refractivity contribution < 1.29 is 42.7 Å². The van der Waals surface area contributed by atoms with Gasteiger partial charge in [0.2, 0.25) is 17.4 Å². The Balaban J connectivity index is 1.72. The smallest absolute Gasteiger partial charge is 0.227 e. The third-order valence-electron chi connectivity index (χ3n) is 5.91. The minimum absolute atomic E-state index is 0.0859. The Labute approximate surface area is 210 Å². The average Bonchev–Trinajstić information content (AvgIpc) is 2.90. The van der Waals surface area contributed by atoms with Crippen LogP contribution in [-0.2, 0) is 16.0 Å². The van der Waals surface area contributed by atoms with Crippen LogP contribution in [0.5, 0.6) is 34.5 Å². The number of amides is 1. The van der Waals surface area contributed by atoms with Crippen molar-refractivity contribution in [3.63, 3.8) is 0 Å². The third-order valence-corrected chi connectivity index (χ3v) is 5.91. The maximum absolute atomic E-state index is 13.2. The van der Waals surface area contributed by atoms with Gasteiger partial charge in [0.05, 0.1) is 60.7 Å². The van der Waals surface area contributed by atoms with E-state index in [1.54, 1.807) is 36.3 Å². The molecular weight excluding hydrogens is 470 g/mol. The van der Waals surface area contributed by atoms with Gasteiger partial charge < -0.3 is 38.1 Å². The lowest BCUT2D eigenvalue weighted by Gasteiger charge is -2.33. The van der Waals surface area contributed by atoms with Gasteiger partial charge in [-0.15, -0.1) is 0 Å². The molecule has 10 nitrogen and oxygen atoms in total. The molecule has 0 spiro atoms. The Morgan fingerprint density at radius 2 is 1.47 bits per heavy atom. The Morgan fingerprint density at radius 3 is 2.06 bits per heavy atom. The van der Waals surface area contributed by atoms with Crippen LogP contribution in [-0.4, -0.2) is 84.5 Å². The second-order valence-electron chi connectivity index (χ2n) is 8.05. The van der Waals surface area contributed by atoms with E-state index in [2.05, 4.69) is 0 Å². The highest BCUT2D eigenvalue weighted by Crippen LogP contribution is 2.41. The summed E-state index contributed by atoms with van der Waals surface area (Å²) in [5, 5.41) is 0. The molecule has 196 valence electrons. The van der Waals surface area contributed by atoms with Gasteiger partial charge in [0.15, 0.2) is 28.8 Å². The summed E-state index contributed by atoms with van der Waals surface area (Å²) in [6.45, 7) is 2.71. The van der Waals surface area contributed by atoms with Crippen LogP contribution in [0, 0.1) is 0 Å². The third kappa shape index (κ3) is 5.76. The molecule has 2 aromatic carbocycles. The summed E-state index contributed by atoms with van der Waals surface area (Å²) < 4.78 is 38.9. The topological polar surface area (TPSA) is 102 Å². The van der Waals surface area contributed by atoms with Gasteiger partial charge in [-0.3, -0.25) is 9.59 Å². The van der Waals surface area contributed by atoms with Crippen LogP contribution in [0.3, 0.4) is 0 Å². The van der Waals surface area contributed by atoms with Gasteiger partial charge >= 0.3 is 0 Å². The molecule has 1 amide bonds. The number of methoxy groups -OCH3 is 5. The van der Waals surface area contributed by atoms with Gasteiger partial charge in [0.1, 0.15) is 12.7 Å². The predicted molar refractivity (Wildman–Crippen MR) is 131 cm³/mol. The number of hydrogen-bond acceptors (Lipinski definition) is 9. The minimum atomic E-state index is -0.397. The molecule has 1 aliphatic rings. The van der Waals surface area contributed by atoms with Crippen LogP contribution in [0.1, 0.15) is 22.8 Å². The number of benzene rings is 2. The zero-order valence-electron chi connectivity index (χ0n) is 21.5. The van der Waals surface area contributed by atoms with E-state index in [0.717, 1.165) is 0 Å². The van der Waals surface area contributed by atoms with Crippen LogP contribution < -0.4 is 28.4 Å². The molecule has 2 aromatic rings. The molecule has 1 aliphatic heterocycles. The molecule has 10 heteroatoms. The van der Waals surface area contributed by atoms with E-state index in [0.29, 0.717) is 59.6 Å². The van der Waals surface area contributed by atoms with E-state index in [-0.39, 0.29) is 30.5 Å². The first-order chi connectivity index (χ1) is 17.4. The highest BCUT2D eigenvalue weighted by molar-refractivity contribution is 5.98. The zero-order valence-corrected chi connectivity index (χ0v) is 21.5. The summed E-state index contributed by atoms with van der Waals surface area (Å²) >= 11 is 0. The fourth-order valence-electron chi connectivity index (χ4n) is 4.12. The van der Waals surface area contributed by atoms with E-state index in [4.69, 9.17) is 33.2 Å². The van der Waals surface area contributed by atoms with E-state index in [9.17, 15) is 9.59 Å². The molecule has 0 N–H and O–H groups in total. The van der Waals surface area contributed by atoms with E-state index < -0.39 is 6.10 Å². The predicted octanol–water partition coefficient (Wildman–Crippen LogP) is 2.78. The fourth-order valence-corrected chi connectivity index (χ4v) is 4.12. The molecule has 36 heavy (non-hydrogen) atoms. The molecule has 1 saturated heterocycles. The number of hydrogen-bond donors (Lipinski definition) is 0. The van der Waals surface area contributed by atoms with Crippen molar-refractivity contribution in [1.29, 1.82) is 0 Å². The van der Waals surface area contributed by atoms with Gasteiger partial charge in [-0.2, -0.15) is 0 Å². The number of morpholine rings is 1. The van der Waals surface area contributed by atoms with Crippen molar-refractivity contribution >= 4 is 11.7 Å². The van der Waals surface area contributed by atoms with Gasteiger partial charge in [0, 0.05) is 12.1 Å². The summed E-state index contributed by atoms with van der Waals surface area (Å²) in [4.78, 5) is 27.0. The van der Waals surface area contributed by atoms with Crippen LogP contribution in [0.4, 0.5) is 0 Å². The first kappa shape index (κ1) is 26.9. The summed E-state index contributed by atoms with van der Waals surface area (Å²) in [5.74, 6) is 2.22. The summed E-state index contributed by atoms with van der Waals surface area (Å²) in [6, 6.07) is 6.82. The van der Waals surface area contributed by atoms with Crippen molar-refractivity contribution in [2.75, 3.05) is 61.9 Å². The van der Waals surface area contributed by atoms with Crippen LogP contribution >= 0.6 is 0 Å². The Hall–Kier alpha value is -3.66. The van der Waals surface area contributed by atoms with E-state index in [1.165, 1.54) is 35.4 Å². The van der Waals surface area contributed by atoms with E-state index >= 15 is 0 Å². The number of rotatable bonds is 11. The Bertz CT molecular complexity index is 1090. The zero-order chi connectivity index (χ0) is 26.2. The number of carbonyl (C=O) groups excluding carboxylic acids is 2. The average molecular weight is 504 g/mol. The molecule has 0 radical (unpaired) electrons. The maximum Gasteiger partial charge on any atom is 0.227 e. The molecule has 1 unspecified atom stereocenters. The standard InChI is InChI=1S/C26H33NO9/c1-16(28)19-8-10-21(31-3)26(34-6)24(19)36-15-18-14-27(11-12-35-18)22(29)13-17-7-9-20(30-2)25(33-5)23(17)32-4/h7-10,18H,11-15H2,1-6H3. The van der Waals surface area contributed by atoms with Crippen LogP contribution in [0.25, 0.3) is 0 Å². The number of ether oxygens (including phenoxy) is 7. The molecule has 1 fully saturated rings. The fraction of sp³-hybridized carbons (Fsp3) is 0.462. The molecule has 0 aliphatic carbocycles. The normalized spacial score (nSPS) is 15.2. The summed E-state index contributed by atoms with van der Waals surface area (Å²) in [5.41, 5.74) is 1.06. The van der Waals surface area contributed by atoms with Crippen LogP contribution in [0.15, 0.2) is 24.3 Å². The Morgan fingerprint density at radius 1 is 0.861 bits per heavy atom. The minimum Gasteiger partial charge on any atom is -0.493 e. The lowest BCUT2D eigenvalue weighted by Crippen LogP contribution is -2.48. The van der Waals surface area contributed by atoms with Crippen molar-refractivity contribution in [3.8, 4) is 34.5 Å². The molecular formula is C26H33NO9. The highest BCUT2D eigenvalue weighted by atomic mass is 16.6. The van der Waals surface area contributed by atoms with Gasteiger partial charge in [-0.05, 0) is 25.1 Å². The summed E-state index contributed by atoms with van der Waals surface area (Å²) in [6.07, 6.45) is -0.277. The number of Topliss-reactive ketones (excluding diaryl/α,β-unsaturated/α-hetero) is 1. The van der Waals surface area contributed by atoms with Crippen molar-refractivity contribution in [2.45, 2.75) is 19.4 Å². The van der Waals surface area contributed by atoms with Gasteiger partial charge in [-0.25, -0.2) is 0 Å². The van der Waals surface area contributed by atoms with E-state index in [1.807, 2.05) is 0 Å². The first-order valence-corrected chi connectivity index (χ1v) is 11.4. The quantitative estimate of drug-likeness (QED) is 0.428. The largest absolute Gasteiger partial charge is 0.493 e. The number of ketones is 1. The maximum atomic E-state index is 13.2. The number of nitrogens with zero attached hydrogens (tertiary/aromatic N) is 1. The lowest BCUT2D eigenvalue weighted by molar-refractivity contribution is -0.139. The first-order valence-electron chi connectivity index (χ1n) is 11.4. The monoisotopic (exact) mass is 503 g/mol. The highest BCUT2D eigenvalue weighted by Gasteiger charge is 2.28. The second kappa shape index (κ2) is 12.3. The molecule has 3 rings (SSSR count). The van der Waals surface area contributed by atoms with Gasteiger partial charge in [-0.1, -0.05) is 6.07 Å². The SMILES string of the molecule is COc1ccc(CC(=O)N2CCOC(COc3c(C(C)=O)ccc(OC)c3OC)C2)c(OC)c1OC. The van der Waals surface area contributed by atoms with Gasteiger partial charge in [0.25, 0.3) is 0 Å². The Kier molecular flexibility index (Phi) is 9.24. The summed E-state index contributed by atoms with van der Waals surface area (Å²) in [7, 11) is 7.58. The molecule has 0 aromatic heterocycles. The molecule has 1 heterocycles. The van der Waals surface area contributed by atoms with Crippen molar-refractivity contribution in [2.24, 2.45) is 0 Å². The van der Waals surface area contributed by atoms with Crippen LogP contribution in [0.2, 0.25) is 0 Å². The van der Waals surface area contributed by atoms with Crippen molar-refractivity contribution in [1.82, 2.24) is 4.90 Å². The second-order valence-corrected chi connectivity index (χ2v) is 8.05. The molecule has 0 saturated carbocycles. The number of carbonyl (C=O) groups is 2. The molecule has 0 bridgehead atoms.